The summed E-state index contributed by atoms with van der Waals surface area (Å²) >= 11 is 1.56. The molecule has 1 aliphatic heterocycles. The summed E-state index contributed by atoms with van der Waals surface area (Å²) in [5.41, 5.74) is 6.76. The Labute approximate surface area is 112 Å². The minimum Gasteiger partial charge on any atom is -0.334 e. The Bertz CT molecular complexity index is 353. The van der Waals surface area contributed by atoms with Crippen molar-refractivity contribution in [1.29, 1.82) is 0 Å². The summed E-state index contributed by atoms with van der Waals surface area (Å²) in [6.07, 6.45) is 3.31. The third-order valence-electron chi connectivity index (χ3n) is 3.19. The number of carbonyl (C=O) groups excluding carboxylic acids is 1. The van der Waals surface area contributed by atoms with Crippen LogP contribution in [0.3, 0.4) is 0 Å². The van der Waals surface area contributed by atoms with E-state index in [2.05, 4.69) is 0 Å². The molecule has 0 aromatic carbocycles. The summed E-state index contributed by atoms with van der Waals surface area (Å²) in [6, 6.07) is 2.16. The lowest BCUT2D eigenvalue weighted by molar-refractivity contribution is 0.0584. The van der Waals surface area contributed by atoms with Gasteiger partial charge in [-0.3, -0.25) is 4.79 Å². The first-order valence-corrected chi connectivity index (χ1v) is 6.73. The van der Waals surface area contributed by atoms with Gasteiger partial charge < -0.3 is 10.6 Å². The largest absolute Gasteiger partial charge is 0.334 e. The van der Waals surface area contributed by atoms with E-state index in [-0.39, 0.29) is 30.4 Å². The van der Waals surface area contributed by atoms with Crippen LogP contribution >= 0.6 is 23.7 Å². The van der Waals surface area contributed by atoms with Gasteiger partial charge in [-0.05, 0) is 37.6 Å². The number of piperidine rings is 1. The minimum absolute atomic E-state index is 0. The van der Waals surface area contributed by atoms with Crippen molar-refractivity contribution in [1.82, 2.24) is 4.90 Å². The number of hydrogen-bond donors (Lipinski definition) is 1. The summed E-state index contributed by atoms with van der Waals surface area (Å²) in [4.78, 5) is 14.2. The number of thiophene rings is 1. The fraction of sp³-hybridized carbons (Fsp3) is 0.583. The van der Waals surface area contributed by atoms with Gasteiger partial charge in [0.05, 0.1) is 5.56 Å². The fourth-order valence-corrected chi connectivity index (χ4v) is 2.94. The highest BCUT2D eigenvalue weighted by Gasteiger charge is 2.29. The second kappa shape index (κ2) is 6.38. The van der Waals surface area contributed by atoms with Crippen LogP contribution in [0.25, 0.3) is 0 Å². The van der Waals surface area contributed by atoms with Gasteiger partial charge in [0.2, 0.25) is 0 Å². The fourth-order valence-electron chi connectivity index (χ4n) is 2.31. The van der Waals surface area contributed by atoms with Gasteiger partial charge in [-0.25, -0.2) is 0 Å². The number of amides is 1. The molecule has 17 heavy (non-hydrogen) atoms. The van der Waals surface area contributed by atoms with Gasteiger partial charge >= 0.3 is 0 Å². The monoisotopic (exact) mass is 274 g/mol. The van der Waals surface area contributed by atoms with Crippen LogP contribution < -0.4 is 5.73 Å². The summed E-state index contributed by atoms with van der Waals surface area (Å²) in [7, 11) is 0. The molecule has 1 fully saturated rings. The highest BCUT2D eigenvalue weighted by Crippen LogP contribution is 2.22. The van der Waals surface area contributed by atoms with Crippen LogP contribution in [0, 0.1) is 0 Å². The average molecular weight is 275 g/mol. The Morgan fingerprint density at radius 1 is 1.59 bits per heavy atom. The number of nitrogens with two attached hydrogens (primary N) is 1. The number of hydrogen-bond acceptors (Lipinski definition) is 3. The molecule has 0 bridgehead atoms. The lowest BCUT2D eigenvalue weighted by atomic mass is 9.96. The van der Waals surface area contributed by atoms with Crippen molar-refractivity contribution in [2.75, 3.05) is 6.54 Å². The molecule has 1 amide bonds. The van der Waals surface area contributed by atoms with Crippen LogP contribution in [0.4, 0.5) is 0 Å². The Morgan fingerprint density at radius 2 is 2.35 bits per heavy atom. The quantitative estimate of drug-likeness (QED) is 0.901. The number of rotatable bonds is 2. The van der Waals surface area contributed by atoms with Gasteiger partial charge in [0, 0.05) is 24.0 Å². The molecule has 96 valence electrons. The van der Waals surface area contributed by atoms with E-state index in [1.807, 2.05) is 28.7 Å². The summed E-state index contributed by atoms with van der Waals surface area (Å²) in [5, 5.41) is 3.85. The van der Waals surface area contributed by atoms with Gasteiger partial charge in [-0.2, -0.15) is 11.3 Å². The normalized spacial score (nSPS) is 21.8. The third kappa shape index (κ3) is 3.21. The van der Waals surface area contributed by atoms with E-state index in [1.165, 1.54) is 6.42 Å². The van der Waals surface area contributed by atoms with E-state index in [1.54, 1.807) is 11.3 Å². The first-order chi connectivity index (χ1) is 7.70. The Kier molecular flexibility index (Phi) is 5.43. The second-order valence-corrected chi connectivity index (χ2v) is 5.21. The molecule has 3 nitrogen and oxygen atoms in total. The average Bonchev–Trinajstić information content (AvgIpc) is 2.81. The third-order valence-corrected chi connectivity index (χ3v) is 3.87. The van der Waals surface area contributed by atoms with Crippen LogP contribution in [0.2, 0.25) is 0 Å². The van der Waals surface area contributed by atoms with Crippen molar-refractivity contribution < 1.29 is 4.79 Å². The minimum atomic E-state index is 0. The molecule has 1 saturated heterocycles. The molecular weight excluding hydrogens is 256 g/mol. The van der Waals surface area contributed by atoms with Crippen molar-refractivity contribution in [2.24, 2.45) is 5.73 Å². The number of nitrogens with zero attached hydrogens (tertiary/aromatic N) is 1. The van der Waals surface area contributed by atoms with Crippen molar-refractivity contribution in [3.8, 4) is 0 Å². The topological polar surface area (TPSA) is 46.3 Å². The van der Waals surface area contributed by atoms with Crippen molar-refractivity contribution in [3.05, 3.63) is 22.4 Å². The van der Waals surface area contributed by atoms with E-state index in [4.69, 9.17) is 5.73 Å². The van der Waals surface area contributed by atoms with Gasteiger partial charge in [-0.15, -0.1) is 12.4 Å². The van der Waals surface area contributed by atoms with Gasteiger partial charge in [0.15, 0.2) is 0 Å². The molecule has 2 N–H and O–H groups in total. The molecule has 5 heteroatoms. The molecule has 0 radical (unpaired) electrons. The van der Waals surface area contributed by atoms with E-state index in [0.29, 0.717) is 0 Å². The Balaban J connectivity index is 0.00000144. The summed E-state index contributed by atoms with van der Waals surface area (Å²) < 4.78 is 0. The molecule has 0 saturated carbocycles. The molecular formula is C12H19ClN2OS. The van der Waals surface area contributed by atoms with Crippen LogP contribution in [-0.2, 0) is 0 Å². The molecule has 2 unspecified atom stereocenters. The summed E-state index contributed by atoms with van der Waals surface area (Å²) in [6.45, 7) is 2.84. The number of likely N-dealkylation sites (tertiary alicyclic amines) is 1. The zero-order chi connectivity index (χ0) is 11.5. The van der Waals surface area contributed by atoms with E-state index in [9.17, 15) is 4.79 Å². The molecule has 2 rings (SSSR count). The van der Waals surface area contributed by atoms with Crippen molar-refractivity contribution >= 4 is 29.7 Å². The predicted octanol–water partition coefficient (Wildman–Crippen LogP) is 2.51. The molecule has 2 heterocycles. The molecule has 1 aromatic heterocycles. The van der Waals surface area contributed by atoms with Crippen LogP contribution in [0.1, 0.15) is 36.5 Å². The molecule has 0 spiro atoms. The zero-order valence-electron chi connectivity index (χ0n) is 9.96. The van der Waals surface area contributed by atoms with Crippen molar-refractivity contribution in [3.63, 3.8) is 0 Å². The highest BCUT2D eigenvalue weighted by molar-refractivity contribution is 7.08. The predicted molar refractivity (Wildman–Crippen MR) is 73.9 cm³/mol. The SMILES string of the molecule is CC(N)C1CCCCN1C(=O)c1ccsc1.Cl. The molecule has 1 aliphatic rings. The zero-order valence-corrected chi connectivity index (χ0v) is 11.6. The maximum absolute atomic E-state index is 12.3. The first kappa shape index (κ1) is 14.5. The Morgan fingerprint density at radius 3 is 2.94 bits per heavy atom. The highest BCUT2D eigenvalue weighted by atomic mass is 35.5. The van der Waals surface area contributed by atoms with Crippen LogP contribution in [0.5, 0.6) is 0 Å². The second-order valence-electron chi connectivity index (χ2n) is 4.43. The smallest absolute Gasteiger partial charge is 0.255 e. The van der Waals surface area contributed by atoms with Gasteiger partial charge in [-0.1, -0.05) is 0 Å². The van der Waals surface area contributed by atoms with E-state index < -0.39 is 0 Å². The first-order valence-electron chi connectivity index (χ1n) is 5.79. The molecule has 0 aliphatic carbocycles. The lowest BCUT2D eigenvalue weighted by Gasteiger charge is -2.37. The van der Waals surface area contributed by atoms with Crippen LogP contribution in [0.15, 0.2) is 16.8 Å². The van der Waals surface area contributed by atoms with E-state index in [0.717, 1.165) is 24.9 Å². The lowest BCUT2D eigenvalue weighted by Crippen LogP contribution is -2.51. The standard InChI is InChI=1S/C12H18N2OS.ClH/c1-9(13)11-4-2-3-6-14(11)12(15)10-5-7-16-8-10;/h5,7-9,11H,2-4,6,13H2,1H3;1H. The maximum Gasteiger partial charge on any atom is 0.255 e. The molecule has 1 aromatic rings. The number of carbonyl (C=O) groups is 1. The molecule has 2 atom stereocenters. The van der Waals surface area contributed by atoms with Gasteiger partial charge in [0.25, 0.3) is 5.91 Å². The maximum atomic E-state index is 12.3. The Hall–Kier alpha value is -0.580. The van der Waals surface area contributed by atoms with Crippen molar-refractivity contribution in [2.45, 2.75) is 38.3 Å². The van der Waals surface area contributed by atoms with E-state index >= 15 is 0 Å². The van der Waals surface area contributed by atoms with Gasteiger partial charge in [0.1, 0.15) is 0 Å². The summed E-state index contributed by atoms with van der Waals surface area (Å²) in [5.74, 6) is 0.142. The van der Waals surface area contributed by atoms with Crippen LogP contribution in [-0.4, -0.2) is 29.4 Å². The number of halogens is 1.